The summed E-state index contributed by atoms with van der Waals surface area (Å²) in [6.45, 7) is 0.741. The quantitative estimate of drug-likeness (QED) is 0.483. The number of aliphatic hydroxyl groups is 1. The summed E-state index contributed by atoms with van der Waals surface area (Å²) in [5, 5.41) is 12.6. The first-order chi connectivity index (χ1) is 4.70. The molecule has 2 atom stereocenters. The lowest BCUT2D eigenvalue weighted by Crippen LogP contribution is -2.32. The molecule has 3 heteroatoms. The Bertz CT molecular complexity index is 145. The van der Waals surface area contributed by atoms with Crippen molar-refractivity contribution in [1.82, 2.24) is 5.32 Å². The molecule has 0 aromatic rings. The first-order valence-corrected chi connectivity index (χ1v) is 3.91. The van der Waals surface area contributed by atoms with Crippen LogP contribution in [0, 0.1) is 0 Å². The molecular weight excluding hydrogens is 128 g/mol. The molecule has 0 aromatic heterocycles. The third-order valence-corrected chi connectivity index (χ3v) is 2.36. The van der Waals surface area contributed by atoms with Gasteiger partial charge in [0.1, 0.15) is 0 Å². The van der Waals surface area contributed by atoms with Gasteiger partial charge in [-0.15, -0.1) is 0 Å². The topological polar surface area (TPSA) is 58.3 Å². The van der Waals surface area contributed by atoms with Crippen molar-refractivity contribution in [3.05, 3.63) is 0 Å². The summed E-state index contributed by atoms with van der Waals surface area (Å²) in [5.41, 5.74) is 5.21. The molecule has 3 nitrogen and oxygen atoms in total. The standard InChI is InChI=1S/C7H14N2O/c8-5-3-6(5)9-4-7(10)1-2-7/h5-6,9-10H,1-4,8H2. The monoisotopic (exact) mass is 142 g/mol. The van der Waals surface area contributed by atoms with Crippen molar-refractivity contribution in [2.75, 3.05) is 6.54 Å². The van der Waals surface area contributed by atoms with Gasteiger partial charge >= 0.3 is 0 Å². The fourth-order valence-electron chi connectivity index (χ4n) is 1.09. The average molecular weight is 142 g/mol. The SMILES string of the molecule is NC1CC1NCC1(O)CC1. The lowest BCUT2D eigenvalue weighted by Gasteiger charge is -2.07. The minimum absolute atomic E-state index is 0.349. The van der Waals surface area contributed by atoms with E-state index in [1.807, 2.05) is 0 Å². The highest BCUT2D eigenvalue weighted by atomic mass is 16.3. The smallest absolute Gasteiger partial charge is 0.0773 e. The average Bonchev–Trinajstić information content (AvgIpc) is 2.71. The molecular formula is C7H14N2O. The van der Waals surface area contributed by atoms with Crippen LogP contribution in [0.3, 0.4) is 0 Å². The molecule has 4 N–H and O–H groups in total. The van der Waals surface area contributed by atoms with E-state index in [0.29, 0.717) is 12.1 Å². The molecule has 0 aromatic carbocycles. The fraction of sp³-hybridized carbons (Fsp3) is 1.00. The Morgan fingerprint density at radius 2 is 2.20 bits per heavy atom. The predicted molar refractivity (Wildman–Crippen MR) is 38.6 cm³/mol. The van der Waals surface area contributed by atoms with Gasteiger partial charge < -0.3 is 16.2 Å². The molecule has 0 heterocycles. The molecule has 2 unspecified atom stereocenters. The van der Waals surface area contributed by atoms with Gasteiger partial charge in [0.15, 0.2) is 0 Å². The van der Waals surface area contributed by atoms with Gasteiger partial charge in [-0.25, -0.2) is 0 Å². The van der Waals surface area contributed by atoms with Gasteiger partial charge in [0.2, 0.25) is 0 Å². The van der Waals surface area contributed by atoms with E-state index >= 15 is 0 Å². The molecule has 2 aliphatic carbocycles. The van der Waals surface area contributed by atoms with Crippen LogP contribution in [0.5, 0.6) is 0 Å². The third kappa shape index (κ3) is 1.31. The Hall–Kier alpha value is -0.120. The van der Waals surface area contributed by atoms with Crippen molar-refractivity contribution in [2.45, 2.75) is 36.9 Å². The lowest BCUT2D eigenvalue weighted by atomic mass is 10.3. The Kier molecular flexibility index (Phi) is 1.27. The van der Waals surface area contributed by atoms with Gasteiger partial charge in [0.05, 0.1) is 5.60 Å². The number of hydrogen-bond donors (Lipinski definition) is 3. The van der Waals surface area contributed by atoms with Gasteiger partial charge in [-0.2, -0.15) is 0 Å². The fourth-order valence-corrected chi connectivity index (χ4v) is 1.09. The van der Waals surface area contributed by atoms with Gasteiger partial charge in [0.25, 0.3) is 0 Å². The molecule has 0 aliphatic heterocycles. The normalized spacial score (nSPS) is 41.4. The van der Waals surface area contributed by atoms with Crippen molar-refractivity contribution in [3.63, 3.8) is 0 Å². The van der Waals surface area contributed by atoms with Gasteiger partial charge in [-0.1, -0.05) is 0 Å². The molecule has 0 spiro atoms. The lowest BCUT2D eigenvalue weighted by molar-refractivity contribution is 0.147. The molecule has 0 amide bonds. The Balaban J connectivity index is 1.64. The van der Waals surface area contributed by atoms with Crippen LogP contribution in [0.4, 0.5) is 0 Å². The van der Waals surface area contributed by atoms with Crippen molar-refractivity contribution in [1.29, 1.82) is 0 Å². The molecule has 58 valence electrons. The van der Waals surface area contributed by atoms with Crippen LogP contribution in [0.15, 0.2) is 0 Å². The third-order valence-electron chi connectivity index (χ3n) is 2.36. The molecule has 2 fully saturated rings. The van der Waals surface area contributed by atoms with Crippen LogP contribution < -0.4 is 11.1 Å². The van der Waals surface area contributed by atoms with Crippen molar-refractivity contribution < 1.29 is 5.11 Å². The second kappa shape index (κ2) is 1.94. The van der Waals surface area contributed by atoms with Crippen LogP contribution in [-0.4, -0.2) is 29.3 Å². The summed E-state index contributed by atoms with van der Waals surface area (Å²) in [4.78, 5) is 0. The van der Waals surface area contributed by atoms with Crippen LogP contribution in [0.2, 0.25) is 0 Å². The van der Waals surface area contributed by atoms with Gasteiger partial charge in [-0.05, 0) is 19.3 Å². The molecule has 10 heavy (non-hydrogen) atoms. The Labute approximate surface area is 60.6 Å². The van der Waals surface area contributed by atoms with Crippen molar-refractivity contribution in [2.24, 2.45) is 5.73 Å². The highest BCUT2D eigenvalue weighted by molar-refractivity contribution is 5.02. The van der Waals surface area contributed by atoms with Gasteiger partial charge in [0, 0.05) is 18.6 Å². The van der Waals surface area contributed by atoms with E-state index in [2.05, 4.69) is 5.32 Å². The number of hydrogen-bond acceptors (Lipinski definition) is 3. The summed E-state index contributed by atoms with van der Waals surface area (Å²) in [5.74, 6) is 0. The van der Waals surface area contributed by atoms with Gasteiger partial charge in [-0.3, -0.25) is 0 Å². The van der Waals surface area contributed by atoms with E-state index in [1.165, 1.54) is 0 Å². The van der Waals surface area contributed by atoms with Crippen molar-refractivity contribution >= 4 is 0 Å². The largest absolute Gasteiger partial charge is 0.389 e. The predicted octanol–water partition coefficient (Wildman–Crippen LogP) is -0.800. The van der Waals surface area contributed by atoms with Crippen LogP contribution in [-0.2, 0) is 0 Å². The summed E-state index contributed by atoms with van der Waals surface area (Å²) >= 11 is 0. The second-order valence-corrected chi connectivity index (χ2v) is 3.61. The van der Waals surface area contributed by atoms with E-state index in [1.54, 1.807) is 0 Å². The molecule has 2 rings (SSSR count). The van der Waals surface area contributed by atoms with Crippen LogP contribution >= 0.6 is 0 Å². The van der Waals surface area contributed by atoms with Crippen molar-refractivity contribution in [3.8, 4) is 0 Å². The minimum Gasteiger partial charge on any atom is -0.389 e. The molecule has 0 radical (unpaired) electrons. The maximum Gasteiger partial charge on any atom is 0.0773 e. The highest BCUT2D eigenvalue weighted by Crippen LogP contribution is 2.34. The van der Waals surface area contributed by atoms with E-state index < -0.39 is 0 Å². The summed E-state index contributed by atoms with van der Waals surface area (Å²) in [6, 6.07) is 0.840. The number of nitrogens with one attached hydrogen (secondary N) is 1. The maximum absolute atomic E-state index is 9.39. The molecule has 0 bridgehead atoms. The second-order valence-electron chi connectivity index (χ2n) is 3.61. The molecule has 2 aliphatic rings. The van der Waals surface area contributed by atoms with E-state index in [0.717, 1.165) is 25.8 Å². The summed E-state index contributed by atoms with van der Waals surface area (Å²) in [6.07, 6.45) is 3.00. The van der Waals surface area contributed by atoms with E-state index in [-0.39, 0.29) is 5.60 Å². The zero-order chi connectivity index (χ0) is 7.19. The Morgan fingerprint density at radius 3 is 2.60 bits per heavy atom. The first-order valence-electron chi connectivity index (χ1n) is 3.91. The summed E-state index contributed by atoms with van der Waals surface area (Å²) < 4.78 is 0. The number of rotatable bonds is 3. The van der Waals surface area contributed by atoms with E-state index in [9.17, 15) is 5.11 Å². The zero-order valence-corrected chi connectivity index (χ0v) is 6.01. The highest BCUT2D eigenvalue weighted by Gasteiger charge is 2.42. The molecule has 0 saturated heterocycles. The molecule has 2 saturated carbocycles. The maximum atomic E-state index is 9.39. The minimum atomic E-state index is -0.359. The number of nitrogens with two attached hydrogens (primary N) is 1. The van der Waals surface area contributed by atoms with E-state index in [4.69, 9.17) is 5.73 Å². The Morgan fingerprint density at radius 1 is 1.60 bits per heavy atom. The first kappa shape index (κ1) is 6.58. The van der Waals surface area contributed by atoms with Crippen LogP contribution in [0.25, 0.3) is 0 Å². The zero-order valence-electron chi connectivity index (χ0n) is 6.01. The van der Waals surface area contributed by atoms with Crippen LogP contribution in [0.1, 0.15) is 19.3 Å². The summed E-state index contributed by atoms with van der Waals surface area (Å²) in [7, 11) is 0.